The van der Waals surface area contributed by atoms with Crippen molar-refractivity contribution in [1.82, 2.24) is 5.32 Å². The summed E-state index contributed by atoms with van der Waals surface area (Å²) in [6.45, 7) is 3.09. The Morgan fingerprint density at radius 1 is 0.933 bits per heavy atom. The minimum absolute atomic E-state index is 0.199. The third kappa shape index (κ3) is 4.64. The van der Waals surface area contributed by atoms with E-state index in [2.05, 4.69) is 42.6 Å². The van der Waals surface area contributed by atoms with Gasteiger partial charge in [-0.1, -0.05) is 78.3 Å². The molecule has 4 aromatic rings. The predicted molar refractivity (Wildman–Crippen MR) is 121 cm³/mol. The van der Waals surface area contributed by atoms with Crippen LogP contribution in [0.4, 0.5) is 4.39 Å². The lowest BCUT2D eigenvalue weighted by molar-refractivity contribution is 0.302. The molecule has 0 spiro atoms. The van der Waals surface area contributed by atoms with E-state index < -0.39 is 0 Å². The van der Waals surface area contributed by atoms with Gasteiger partial charge in [0.05, 0.1) is 5.02 Å². The van der Waals surface area contributed by atoms with Crippen molar-refractivity contribution in [2.45, 2.75) is 26.1 Å². The summed E-state index contributed by atoms with van der Waals surface area (Å²) in [5.41, 5.74) is 3.08. The van der Waals surface area contributed by atoms with Crippen LogP contribution in [0, 0.1) is 5.82 Å². The molecule has 30 heavy (non-hydrogen) atoms. The minimum atomic E-state index is -0.353. The van der Waals surface area contributed by atoms with Gasteiger partial charge in [0, 0.05) is 23.7 Å². The van der Waals surface area contributed by atoms with E-state index in [1.165, 1.54) is 17.7 Å². The number of nitrogens with one attached hydrogen (secondary N) is 1. The normalized spacial score (nSPS) is 12.1. The second-order valence-corrected chi connectivity index (χ2v) is 7.71. The molecule has 1 N–H and O–H groups in total. The third-order valence-corrected chi connectivity index (χ3v) is 5.63. The standard InChI is InChI=1S/C26H23ClFNO/c1-18(19-7-3-2-4-8-19)29-16-24-23-10-6-5-9-20(23)12-14-26(24)30-17-21-11-13-22(28)15-25(21)27/h2-15,18,29H,16-17H2,1H3. The molecule has 0 aliphatic rings. The SMILES string of the molecule is CC(NCc1c(OCc2ccc(F)cc2Cl)ccc2ccccc12)c1ccccc1. The Morgan fingerprint density at radius 3 is 2.50 bits per heavy atom. The van der Waals surface area contributed by atoms with Crippen molar-refractivity contribution in [1.29, 1.82) is 0 Å². The Kier molecular flexibility index (Phi) is 6.32. The average molecular weight is 420 g/mol. The summed E-state index contributed by atoms with van der Waals surface area (Å²) in [6.07, 6.45) is 0. The first-order valence-corrected chi connectivity index (χ1v) is 10.4. The zero-order chi connectivity index (χ0) is 20.9. The molecule has 0 saturated carbocycles. The molecule has 4 heteroatoms. The molecule has 1 atom stereocenters. The van der Waals surface area contributed by atoms with Crippen LogP contribution in [0.1, 0.15) is 29.7 Å². The maximum atomic E-state index is 13.3. The topological polar surface area (TPSA) is 21.3 Å². The van der Waals surface area contributed by atoms with Gasteiger partial charge in [0.2, 0.25) is 0 Å². The van der Waals surface area contributed by atoms with Gasteiger partial charge in [0.25, 0.3) is 0 Å². The van der Waals surface area contributed by atoms with Crippen LogP contribution in [0.3, 0.4) is 0 Å². The lowest BCUT2D eigenvalue weighted by atomic mass is 10.0. The van der Waals surface area contributed by atoms with Crippen molar-refractivity contribution in [2.75, 3.05) is 0 Å². The molecule has 4 aromatic carbocycles. The fourth-order valence-electron chi connectivity index (χ4n) is 3.54. The number of halogens is 2. The van der Waals surface area contributed by atoms with Crippen molar-refractivity contribution in [2.24, 2.45) is 0 Å². The number of hydrogen-bond acceptors (Lipinski definition) is 2. The summed E-state index contributed by atoms with van der Waals surface area (Å²) < 4.78 is 19.5. The fourth-order valence-corrected chi connectivity index (χ4v) is 3.76. The van der Waals surface area contributed by atoms with E-state index in [0.29, 0.717) is 11.6 Å². The Hall–Kier alpha value is -2.88. The Bertz CT molecular complexity index is 1150. The van der Waals surface area contributed by atoms with E-state index >= 15 is 0 Å². The number of ether oxygens (including phenoxy) is 1. The van der Waals surface area contributed by atoms with Crippen molar-refractivity contribution in [3.8, 4) is 5.75 Å². The zero-order valence-corrected chi connectivity index (χ0v) is 17.5. The van der Waals surface area contributed by atoms with E-state index in [1.807, 2.05) is 36.4 Å². The van der Waals surface area contributed by atoms with Crippen molar-refractivity contribution in [3.05, 3.63) is 112 Å². The largest absolute Gasteiger partial charge is 0.488 e. The zero-order valence-electron chi connectivity index (χ0n) is 16.7. The van der Waals surface area contributed by atoms with Crippen LogP contribution >= 0.6 is 11.6 Å². The smallest absolute Gasteiger partial charge is 0.124 e. The van der Waals surface area contributed by atoms with Crippen LogP contribution < -0.4 is 10.1 Å². The van der Waals surface area contributed by atoms with Gasteiger partial charge in [-0.05, 0) is 41.5 Å². The first-order chi connectivity index (χ1) is 14.6. The predicted octanol–water partition coefficient (Wildman–Crippen LogP) is 7.06. The molecule has 0 aromatic heterocycles. The maximum Gasteiger partial charge on any atom is 0.124 e. The van der Waals surface area contributed by atoms with Crippen LogP contribution in [-0.2, 0) is 13.2 Å². The van der Waals surface area contributed by atoms with E-state index in [0.717, 1.165) is 27.6 Å². The first kappa shape index (κ1) is 20.4. The van der Waals surface area contributed by atoms with Crippen LogP contribution in [0.25, 0.3) is 10.8 Å². The number of hydrogen-bond donors (Lipinski definition) is 1. The van der Waals surface area contributed by atoms with E-state index in [-0.39, 0.29) is 18.5 Å². The lowest BCUT2D eigenvalue weighted by Gasteiger charge is -2.19. The molecule has 0 aliphatic carbocycles. The summed E-state index contributed by atoms with van der Waals surface area (Å²) in [5.74, 6) is 0.441. The summed E-state index contributed by atoms with van der Waals surface area (Å²) in [4.78, 5) is 0. The second-order valence-electron chi connectivity index (χ2n) is 7.30. The number of rotatable bonds is 7. The highest BCUT2D eigenvalue weighted by atomic mass is 35.5. The Morgan fingerprint density at radius 2 is 1.70 bits per heavy atom. The highest BCUT2D eigenvalue weighted by molar-refractivity contribution is 6.31. The molecule has 4 rings (SSSR count). The molecule has 0 heterocycles. The quantitative estimate of drug-likeness (QED) is 0.346. The van der Waals surface area contributed by atoms with Crippen LogP contribution in [0.2, 0.25) is 5.02 Å². The lowest BCUT2D eigenvalue weighted by Crippen LogP contribution is -2.18. The Labute approximate surface area is 181 Å². The molecule has 1 unspecified atom stereocenters. The van der Waals surface area contributed by atoms with Crippen LogP contribution in [-0.4, -0.2) is 0 Å². The van der Waals surface area contributed by atoms with Gasteiger partial charge in [0.15, 0.2) is 0 Å². The fraction of sp³-hybridized carbons (Fsp3) is 0.154. The van der Waals surface area contributed by atoms with Gasteiger partial charge in [0.1, 0.15) is 18.2 Å². The van der Waals surface area contributed by atoms with E-state index in [1.54, 1.807) is 6.07 Å². The Balaban J connectivity index is 1.59. The van der Waals surface area contributed by atoms with Gasteiger partial charge in [-0.2, -0.15) is 0 Å². The van der Waals surface area contributed by atoms with Crippen LogP contribution in [0.15, 0.2) is 84.9 Å². The first-order valence-electron chi connectivity index (χ1n) is 9.97. The molecular weight excluding hydrogens is 397 g/mol. The van der Waals surface area contributed by atoms with Gasteiger partial charge >= 0.3 is 0 Å². The van der Waals surface area contributed by atoms with Gasteiger partial charge in [-0.25, -0.2) is 4.39 Å². The monoisotopic (exact) mass is 419 g/mol. The highest BCUT2D eigenvalue weighted by Crippen LogP contribution is 2.30. The average Bonchev–Trinajstić information content (AvgIpc) is 2.77. The molecule has 0 fully saturated rings. The molecule has 0 radical (unpaired) electrons. The number of fused-ring (bicyclic) bond motifs is 1. The van der Waals surface area contributed by atoms with E-state index in [9.17, 15) is 4.39 Å². The summed E-state index contributed by atoms with van der Waals surface area (Å²) in [6, 6.07) is 27.2. The molecule has 0 bridgehead atoms. The summed E-state index contributed by atoms with van der Waals surface area (Å²) >= 11 is 6.17. The molecule has 0 saturated heterocycles. The molecular formula is C26H23ClFNO. The molecule has 152 valence electrons. The summed E-state index contributed by atoms with van der Waals surface area (Å²) in [7, 11) is 0. The van der Waals surface area contributed by atoms with Crippen molar-refractivity contribution < 1.29 is 9.13 Å². The summed E-state index contributed by atoms with van der Waals surface area (Å²) in [5, 5.41) is 6.29. The third-order valence-electron chi connectivity index (χ3n) is 5.28. The van der Waals surface area contributed by atoms with E-state index in [4.69, 9.17) is 16.3 Å². The van der Waals surface area contributed by atoms with Crippen molar-refractivity contribution in [3.63, 3.8) is 0 Å². The van der Waals surface area contributed by atoms with Gasteiger partial charge < -0.3 is 10.1 Å². The molecule has 0 aliphatic heterocycles. The second kappa shape index (κ2) is 9.29. The van der Waals surface area contributed by atoms with Crippen molar-refractivity contribution >= 4 is 22.4 Å². The van der Waals surface area contributed by atoms with Crippen LogP contribution in [0.5, 0.6) is 5.75 Å². The molecule has 2 nitrogen and oxygen atoms in total. The highest BCUT2D eigenvalue weighted by Gasteiger charge is 2.12. The molecule has 0 amide bonds. The number of benzene rings is 4. The maximum absolute atomic E-state index is 13.3. The van der Waals surface area contributed by atoms with Gasteiger partial charge in [-0.15, -0.1) is 0 Å². The van der Waals surface area contributed by atoms with Gasteiger partial charge in [-0.3, -0.25) is 0 Å². The minimum Gasteiger partial charge on any atom is -0.488 e.